The van der Waals surface area contributed by atoms with Crippen LogP contribution in [0.15, 0.2) is 48.5 Å². The Morgan fingerprint density at radius 1 is 1.14 bits per heavy atom. The van der Waals surface area contributed by atoms with Gasteiger partial charge in [-0.15, -0.1) is 0 Å². The number of methoxy groups -OCH3 is 1. The van der Waals surface area contributed by atoms with Crippen LogP contribution in [0.5, 0.6) is 0 Å². The van der Waals surface area contributed by atoms with Gasteiger partial charge < -0.3 is 4.74 Å². The number of carbonyl (C=O) groups excluding carboxylic acids is 1. The largest absolute Gasteiger partial charge is 0.469 e. The van der Waals surface area contributed by atoms with E-state index in [9.17, 15) is 4.79 Å². The van der Waals surface area contributed by atoms with E-state index in [1.54, 1.807) is 0 Å². The van der Waals surface area contributed by atoms with E-state index in [0.717, 1.165) is 22.3 Å². The Labute approximate surface area is 129 Å². The van der Waals surface area contributed by atoms with Gasteiger partial charge in [0.25, 0.3) is 0 Å². The number of nitrogens with zero attached hydrogens (tertiary/aromatic N) is 1. The number of rotatable bonds is 1. The second-order valence-corrected chi connectivity index (χ2v) is 5.73. The summed E-state index contributed by atoms with van der Waals surface area (Å²) in [4.78, 5) is 18.2. The molecule has 4 rings (SSSR count). The van der Waals surface area contributed by atoms with Crippen LogP contribution in [0, 0.1) is 5.92 Å². The first-order chi connectivity index (χ1) is 10.7. The molecule has 1 fully saturated rings. The molecule has 2 aliphatic rings. The molecule has 0 bridgehead atoms. The maximum absolute atomic E-state index is 12.4. The third kappa shape index (κ3) is 1.46. The van der Waals surface area contributed by atoms with Gasteiger partial charge in [0.1, 0.15) is 11.5 Å². The van der Waals surface area contributed by atoms with Crippen molar-refractivity contribution in [2.24, 2.45) is 5.92 Å². The molecule has 0 N–H and O–H groups in total. The molecule has 1 heterocycles. The number of hydroxylamine groups is 2. The molecule has 22 heavy (non-hydrogen) atoms. The second kappa shape index (κ2) is 4.66. The maximum atomic E-state index is 12.4. The summed E-state index contributed by atoms with van der Waals surface area (Å²) in [6, 6.07) is 16.4. The third-order valence-electron chi connectivity index (χ3n) is 4.89. The summed E-state index contributed by atoms with van der Waals surface area (Å²) in [5.41, 5.74) is 3.91. The van der Waals surface area contributed by atoms with Crippen LogP contribution >= 0.6 is 0 Å². The van der Waals surface area contributed by atoms with Crippen molar-refractivity contribution in [3.05, 3.63) is 59.7 Å². The lowest BCUT2D eigenvalue weighted by Gasteiger charge is -2.35. The molecule has 0 aromatic heterocycles. The normalized spacial score (nSPS) is 21.6. The Hall–Kier alpha value is -2.17. The summed E-state index contributed by atoms with van der Waals surface area (Å²) in [5.74, 6) is -0.622. The summed E-state index contributed by atoms with van der Waals surface area (Å²) < 4.78 is 5.05. The Morgan fingerprint density at radius 3 is 2.23 bits per heavy atom. The first-order valence-electron chi connectivity index (χ1n) is 7.35. The Kier molecular flexibility index (Phi) is 2.86. The molecular weight excluding hydrogens is 278 g/mol. The highest BCUT2D eigenvalue weighted by atomic mass is 16.7. The van der Waals surface area contributed by atoms with Crippen LogP contribution in [-0.4, -0.2) is 31.8 Å². The van der Waals surface area contributed by atoms with Gasteiger partial charge in [-0.25, -0.2) is 0 Å². The minimum atomic E-state index is -0.611. The van der Waals surface area contributed by atoms with Crippen molar-refractivity contribution in [1.29, 1.82) is 0 Å². The van der Waals surface area contributed by atoms with Gasteiger partial charge in [0.05, 0.1) is 13.7 Å². The van der Waals surface area contributed by atoms with E-state index in [2.05, 4.69) is 24.3 Å². The Morgan fingerprint density at radius 2 is 1.68 bits per heavy atom. The SMILES string of the molecule is COC(=O)C1CON(C)C12c1ccccc1-c1ccccc12. The molecule has 1 unspecified atom stereocenters. The number of benzene rings is 2. The molecular formula is C18H17NO3. The van der Waals surface area contributed by atoms with Gasteiger partial charge in [-0.05, 0) is 22.3 Å². The van der Waals surface area contributed by atoms with Crippen molar-refractivity contribution in [2.75, 3.05) is 20.8 Å². The number of hydrogen-bond donors (Lipinski definition) is 0. The minimum Gasteiger partial charge on any atom is -0.469 e. The Bertz CT molecular complexity index is 710. The molecule has 1 atom stereocenters. The fraction of sp³-hybridized carbons (Fsp3) is 0.278. The minimum absolute atomic E-state index is 0.240. The van der Waals surface area contributed by atoms with E-state index < -0.39 is 5.54 Å². The zero-order chi connectivity index (χ0) is 15.3. The third-order valence-corrected chi connectivity index (χ3v) is 4.89. The van der Waals surface area contributed by atoms with Crippen molar-refractivity contribution in [2.45, 2.75) is 5.54 Å². The summed E-state index contributed by atoms with van der Waals surface area (Å²) in [6.07, 6.45) is 0. The average Bonchev–Trinajstić information content (AvgIpc) is 3.06. The lowest BCUT2D eigenvalue weighted by Crippen LogP contribution is -2.45. The van der Waals surface area contributed by atoms with Gasteiger partial charge in [0, 0.05) is 7.05 Å². The molecule has 2 aromatic carbocycles. The molecule has 112 valence electrons. The molecule has 1 aliphatic heterocycles. The van der Waals surface area contributed by atoms with Crippen LogP contribution in [0.25, 0.3) is 11.1 Å². The van der Waals surface area contributed by atoms with Crippen LogP contribution in [0.3, 0.4) is 0 Å². The highest BCUT2D eigenvalue weighted by Gasteiger charge is 2.59. The molecule has 0 saturated carbocycles. The molecule has 4 heteroatoms. The number of ether oxygens (including phenoxy) is 1. The molecule has 4 nitrogen and oxygen atoms in total. The van der Waals surface area contributed by atoms with Crippen LogP contribution in [0.2, 0.25) is 0 Å². The van der Waals surface area contributed by atoms with Crippen molar-refractivity contribution in [3.8, 4) is 11.1 Å². The van der Waals surface area contributed by atoms with Crippen LogP contribution < -0.4 is 0 Å². The van der Waals surface area contributed by atoms with Gasteiger partial charge in [-0.1, -0.05) is 48.5 Å². The van der Waals surface area contributed by atoms with E-state index in [0.29, 0.717) is 6.61 Å². The van der Waals surface area contributed by atoms with E-state index in [4.69, 9.17) is 9.57 Å². The average molecular weight is 295 g/mol. The van der Waals surface area contributed by atoms with E-state index >= 15 is 0 Å². The summed E-state index contributed by atoms with van der Waals surface area (Å²) in [6.45, 7) is 0.325. The second-order valence-electron chi connectivity index (χ2n) is 5.73. The van der Waals surface area contributed by atoms with E-state index in [1.807, 2.05) is 36.4 Å². The number of carbonyl (C=O) groups is 1. The number of hydrogen-bond acceptors (Lipinski definition) is 4. The first kappa shape index (κ1) is 13.5. The number of esters is 1. The molecule has 1 aliphatic carbocycles. The summed E-state index contributed by atoms with van der Waals surface area (Å²) in [5, 5.41) is 1.82. The van der Waals surface area contributed by atoms with Gasteiger partial charge in [-0.3, -0.25) is 9.63 Å². The topological polar surface area (TPSA) is 38.8 Å². The molecule has 2 aromatic rings. The quantitative estimate of drug-likeness (QED) is 0.758. The molecule has 0 amide bonds. The van der Waals surface area contributed by atoms with Gasteiger partial charge in [-0.2, -0.15) is 5.06 Å². The fourth-order valence-electron chi connectivity index (χ4n) is 3.97. The first-order valence-corrected chi connectivity index (χ1v) is 7.35. The molecule has 0 radical (unpaired) electrons. The zero-order valence-corrected chi connectivity index (χ0v) is 12.6. The lowest BCUT2D eigenvalue weighted by molar-refractivity contribution is -0.148. The number of fused-ring (bicyclic) bond motifs is 5. The predicted molar refractivity (Wildman–Crippen MR) is 81.9 cm³/mol. The summed E-state index contributed by atoms with van der Waals surface area (Å²) >= 11 is 0. The van der Waals surface area contributed by atoms with E-state index in [1.165, 1.54) is 7.11 Å². The van der Waals surface area contributed by atoms with Crippen LogP contribution in [0.4, 0.5) is 0 Å². The van der Waals surface area contributed by atoms with Crippen molar-refractivity contribution >= 4 is 5.97 Å². The highest BCUT2D eigenvalue weighted by Crippen LogP contribution is 2.56. The highest BCUT2D eigenvalue weighted by molar-refractivity contribution is 5.86. The molecule has 1 saturated heterocycles. The zero-order valence-electron chi connectivity index (χ0n) is 12.6. The molecule has 1 spiro atoms. The predicted octanol–water partition coefficient (Wildman–Crippen LogP) is 2.58. The van der Waals surface area contributed by atoms with Crippen molar-refractivity contribution in [1.82, 2.24) is 5.06 Å². The van der Waals surface area contributed by atoms with Crippen LogP contribution in [0.1, 0.15) is 11.1 Å². The lowest BCUT2D eigenvalue weighted by atomic mass is 9.77. The van der Waals surface area contributed by atoms with Crippen molar-refractivity contribution < 1.29 is 14.4 Å². The Balaban J connectivity index is 2.06. The van der Waals surface area contributed by atoms with Crippen LogP contribution in [-0.2, 0) is 19.9 Å². The van der Waals surface area contributed by atoms with Gasteiger partial charge >= 0.3 is 5.97 Å². The smallest absolute Gasteiger partial charge is 0.313 e. The fourth-order valence-corrected chi connectivity index (χ4v) is 3.97. The van der Waals surface area contributed by atoms with Gasteiger partial charge in [0.2, 0.25) is 0 Å². The monoisotopic (exact) mass is 295 g/mol. The standard InChI is InChI=1S/C18H17NO3/c1-19-18(16(11-22-19)17(20)21-2)14-9-5-3-7-12(14)13-8-4-6-10-15(13)18/h3-10,16H,11H2,1-2H3. The van der Waals surface area contributed by atoms with E-state index in [-0.39, 0.29) is 11.9 Å². The maximum Gasteiger partial charge on any atom is 0.313 e. The van der Waals surface area contributed by atoms with Crippen molar-refractivity contribution in [3.63, 3.8) is 0 Å². The van der Waals surface area contributed by atoms with Gasteiger partial charge in [0.15, 0.2) is 0 Å². The summed E-state index contributed by atoms with van der Waals surface area (Å²) in [7, 11) is 3.32.